The highest BCUT2D eigenvalue weighted by molar-refractivity contribution is 6.30. The molecular weight excluding hydrogens is 482 g/mol. The average Bonchev–Trinajstić information content (AvgIpc) is 3.26. The highest BCUT2D eigenvalue weighted by atomic mass is 35.5. The Balaban J connectivity index is 1.87. The second-order valence-electron chi connectivity index (χ2n) is 9.68. The lowest BCUT2D eigenvalue weighted by Crippen LogP contribution is -2.26. The van der Waals surface area contributed by atoms with Gasteiger partial charge in [0.1, 0.15) is 23.4 Å². The maximum atomic E-state index is 11.8. The van der Waals surface area contributed by atoms with Crippen molar-refractivity contribution in [1.82, 2.24) is 14.9 Å². The molecule has 4 atom stereocenters. The molecule has 4 unspecified atom stereocenters. The zero-order chi connectivity index (χ0) is 26.0. The van der Waals surface area contributed by atoms with Crippen molar-refractivity contribution in [2.24, 2.45) is 5.92 Å². The number of aromatic hydroxyl groups is 1. The van der Waals surface area contributed by atoms with Crippen LogP contribution in [0.15, 0.2) is 30.3 Å². The molecule has 194 valence electrons. The van der Waals surface area contributed by atoms with Gasteiger partial charge in [0.15, 0.2) is 0 Å². The van der Waals surface area contributed by atoms with E-state index < -0.39 is 18.0 Å². The van der Waals surface area contributed by atoms with Crippen LogP contribution in [0.3, 0.4) is 0 Å². The number of fused-ring (bicyclic) bond motifs is 1. The largest absolute Gasteiger partial charge is 0.508 e. The molecule has 3 aromatic rings. The number of carboxylic acids is 1. The number of imidazole rings is 1. The van der Waals surface area contributed by atoms with Gasteiger partial charge in [-0.2, -0.15) is 0 Å². The van der Waals surface area contributed by atoms with E-state index in [1.807, 2.05) is 17.7 Å². The van der Waals surface area contributed by atoms with E-state index in [9.17, 15) is 20.1 Å². The first-order chi connectivity index (χ1) is 17.2. The van der Waals surface area contributed by atoms with Crippen molar-refractivity contribution in [1.29, 1.82) is 0 Å². The second kappa shape index (κ2) is 11.1. The molecule has 0 amide bonds. The molecule has 0 bridgehead atoms. The molecule has 8 nitrogen and oxygen atoms in total. The standard InChI is InChI=1S/C27H34ClN3O5/c1-15(29-2)7-8-21-23(32)10-9-22-24(21)30-26(25(33)17-11-18(28)14-20(13-17)36-3)31(22)19-6-4-5-16(12-19)27(34)35/h9-11,13-16,19,25,29,32-33H,4-8,12H2,1-3H3,(H,34,35). The molecule has 4 N–H and O–H groups in total. The highest BCUT2D eigenvalue weighted by Gasteiger charge is 2.33. The predicted molar refractivity (Wildman–Crippen MR) is 139 cm³/mol. The van der Waals surface area contributed by atoms with Gasteiger partial charge in [-0.3, -0.25) is 4.79 Å². The highest BCUT2D eigenvalue weighted by Crippen LogP contribution is 2.40. The number of carbonyl (C=O) groups is 1. The third kappa shape index (κ3) is 5.31. The number of aliphatic hydroxyl groups excluding tert-OH is 1. The molecule has 1 aromatic heterocycles. The molecule has 0 saturated heterocycles. The average molecular weight is 516 g/mol. The Labute approximate surface area is 215 Å². The lowest BCUT2D eigenvalue weighted by molar-refractivity contribution is -0.143. The first-order valence-corrected chi connectivity index (χ1v) is 12.8. The van der Waals surface area contributed by atoms with E-state index in [0.29, 0.717) is 46.9 Å². The van der Waals surface area contributed by atoms with Gasteiger partial charge in [-0.25, -0.2) is 4.98 Å². The number of aliphatic carboxylic acids is 1. The predicted octanol–water partition coefficient (Wildman–Crippen LogP) is 4.84. The molecule has 4 rings (SSSR count). The van der Waals surface area contributed by atoms with Gasteiger partial charge < -0.3 is 29.9 Å². The Hall–Kier alpha value is -2.81. The summed E-state index contributed by atoms with van der Waals surface area (Å²) in [6.45, 7) is 2.07. The molecule has 1 heterocycles. The minimum atomic E-state index is -1.12. The van der Waals surface area contributed by atoms with Crippen LogP contribution in [0.4, 0.5) is 0 Å². The van der Waals surface area contributed by atoms with Gasteiger partial charge >= 0.3 is 5.97 Å². The Morgan fingerprint density at radius 1 is 1.31 bits per heavy atom. The van der Waals surface area contributed by atoms with E-state index in [-0.39, 0.29) is 17.8 Å². The monoisotopic (exact) mass is 515 g/mol. The molecule has 36 heavy (non-hydrogen) atoms. The molecule has 9 heteroatoms. The fourth-order valence-electron chi connectivity index (χ4n) is 5.18. The van der Waals surface area contributed by atoms with E-state index in [1.54, 1.807) is 24.3 Å². The summed E-state index contributed by atoms with van der Waals surface area (Å²) < 4.78 is 7.32. The van der Waals surface area contributed by atoms with Crippen LogP contribution in [0.2, 0.25) is 5.02 Å². The summed E-state index contributed by atoms with van der Waals surface area (Å²) in [5, 5.41) is 35.6. The third-order valence-corrected chi connectivity index (χ3v) is 7.56. The van der Waals surface area contributed by atoms with Crippen LogP contribution in [-0.2, 0) is 11.2 Å². The molecule has 0 radical (unpaired) electrons. The number of hydrogen-bond donors (Lipinski definition) is 4. The van der Waals surface area contributed by atoms with Crippen LogP contribution in [0, 0.1) is 5.92 Å². The first kappa shape index (κ1) is 26.3. The summed E-state index contributed by atoms with van der Waals surface area (Å²) in [6.07, 6.45) is 2.91. The number of methoxy groups -OCH3 is 1. The number of nitrogens with zero attached hydrogens (tertiary/aromatic N) is 2. The SMILES string of the molecule is CNC(C)CCc1c(O)ccc2c1nc(C(O)c1cc(Cl)cc(OC)c1)n2C1CCCC(C(=O)O)C1. The van der Waals surface area contributed by atoms with Gasteiger partial charge in [0.25, 0.3) is 0 Å². The molecule has 1 aliphatic rings. The van der Waals surface area contributed by atoms with Crippen LogP contribution in [-0.4, -0.2) is 51.0 Å². The van der Waals surface area contributed by atoms with Gasteiger partial charge in [-0.1, -0.05) is 18.0 Å². The second-order valence-corrected chi connectivity index (χ2v) is 10.1. The minimum absolute atomic E-state index is 0.149. The lowest BCUT2D eigenvalue weighted by atomic mass is 9.85. The fraction of sp³-hybridized carbons (Fsp3) is 0.481. The Morgan fingerprint density at radius 3 is 2.78 bits per heavy atom. The Bertz CT molecular complexity index is 1240. The van der Waals surface area contributed by atoms with Crippen molar-refractivity contribution in [3.63, 3.8) is 0 Å². The van der Waals surface area contributed by atoms with Crippen LogP contribution in [0.25, 0.3) is 11.0 Å². The van der Waals surface area contributed by atoms with Crippen molar-refractivity contribution in [3.8, 4) is 11.5 Å². The number of benzene rings is 2. The van der Waals surface area contributed by atoms with Gasteiger partial charge in [-0.15, -0.1) is 0 Å². The number of aryl methyl sites for hydroxylation is 1. The van der Waals surface area contributed by atoms with Crippen molar-refractivity contribution < 1.29 is 24.9 Å². The molecular formula is C27H34ClN3O5. The number of aliphatic hydroxyl groups is 1. The van der Waals surface area contributed by atoms with E-state index in [1.165, 1.54) is 7.11 Å². The minimum Gasteiger partial charge on any atom is -0.508 e. The summed E-state index contributed by atoms with van der Waals surface area (Å²) in [7, 11) is 3.43. The number of ether oxygens (including phenoxy) is 1. The number of nitrogens with one attached hydrogen (secondary N) is 1. The molecule has 1 aliphatic carbocycles. The van der Waals surface area contributed by atoms with Crippen LogP contribution >= 0.6 is 11.6 Å². The molecule has 0 aliphatic heterocycles. The smallest absolute Gasteiger partial charge is 0.306 e. The number of hydrogen-bond acceptors (Lipinski definition) is 6. The number of aromatic nitrogens is 2. The number of phenols is 1. The summed E-state index contributed by atoms with van der Waals surface area (Å²) in [5.41, 5.74) is 2.64. The van der Waals surface area contributed by atoms with Crippen molar-refractivity contribution in [2.75, 3.05) is 14.2 Å². The number of rotatable bonds is 9. The van der Waals surface area contributed by atoms with Crippen LogP contribution in [0.1, 0.15) is 68.1 Å². The zero-order valence-electron chi connectivity index (χ0n) is 20.9. The lowest BCUT2D eigenvalue weighted by Gasteiger charge is -2.30. The number of carboxylic acid groups (broad SMARTS) is 1. The topological polar surface area (TPSA) is 117 Å². The Kier molecular flexibility index (Phi) is 8.07. The van der Waals surface area contributed by atoms with E-state index >= 15 is 0 Å². The van der Waals surface area contributed by atoms with Crippen molar-refractivity contribution >= 4 is 28.6 Å². The van der Waals surface area contributed by atoms with E-state index in [0.717, 1.165) is 30.3 Å². The molecule has 2 aromatic carbocycles. The summed E-state index contributed by atoms with van der Waals surface area (Å²) in [6, 6.07) is 8.63. The van der Waals surface area contributed by atoms with Crippen molar-refractivity contribution in [3.05, 3.63) is 52.3 Å². The van der Waals surface area contributed by atoms with E-state index in [2.05, 4.69) is 12.2 Å². The third-order valence-electron chi connectivity index (χ3n) is 7.34. The first-order valence-electron chi connectivity index (χ1n) is 12.4. The maximum absolute atomic E-state index is 11.8. The van der Waals surface area contributed by atoms with Gasteiger partial charge in [0, 0.05) is 22.7 Å². The van der Waals surface area contributed by atoms with Crippen LogP contribution < -0.4 is 10.1 Å². The number of halogens is 1. The summed E-state index contributed by atoms with van der Waals surface area (Å²) in [4.78, 5) is 16.7. The van der Waals surface area contributed by atoms with Gasteiger partial charge in [-0.05, 0) is 82.0 Å². The van der Waals surface area contributed by atoms with E-state index in [4.69, 9.17) is 21.3 Å². The van der Waals surface area contributed by atoms with Crippen LogP contribution in [0.5, 0.6) is 11.5 Å². The number of phenolic OH excluding ortho intramolecular Hbond substituents is 1. The summed E-state index contributed by atoms with van der Waals surface area (Å²) >= 11 is 6.29. The van der Waals surface area contributed by atoms with Crippen molar-refractivity contribution in [2.45, 2.75) is 63.6 Å². The van der Waals surface area contributed by atoms with Gasteiger partial charge in [0.2, 0.25) is 0 Å². The Morgan fingerprint density at radius 2 is 2.08 bits per heavy atom. The summed E-state index contributed by atoms with van der Waals surface area (Å²) in [5.74, 6) is -0.176. The molecule has 0 spiro atoms. The zero-order valence-corrected chi connectivity index (χ0v) is 21.6. The molecule has 1 fully saturated rings. The molecule has 1 saturated carbocycles. The normalized spacial score (nSPS) is 19.8. The quantitative estimate of drug-likeness (QED) is 0.322. The maximum Gasteiger partial charge on any atom is 0.306 e. The van der Waals surface area contributed by atoms with Gasteiger partial charge in [0.05, 0.1) is 24.1 Å². The fourth-order valence-corrected chi connectivity index (χ4v) is 5.42.